The van der Waals surface area contributed by atoms with Gasteiger partial charge in [-0.15, -0.1) is 0 Å². The topological polar surface area (TPSA) is 97.4 Å². The van der Waals surface area contributed by atoms with Crippen molar-refractivity contribution in [2.75, 3.05) is 0 Å². The number of carbonyl (C=O) groups excluding carboxylic acids is 1. The molecule has 1 amide bonds. The van der Waals surface area contributed by atoms with Crippen LogP contribution in [0.3, 0.4) is 0 Å². The maximum absolute atomic E-state index is 13.4. The Kier molecular flexibility index (Phi) is 5.55. The summed E-state index contributed by atoms with van der Waals surface area (Å²) < 4.78 is 7.47. The minimum absolute atomic E-state index is 0.196. The van der Waals surface area contributed by atoms with Gasteiger partial charge >= 0.3 is 5.97 Å². The number of nitrogens with one attached hydrogen (secondary N) is 1. The first-order valence-electron chi connectivity index (χ1n) is 10.7. The van der Waals surface area contributed by atoms with E-state index in [0.717, 1.165) is 27.4 Å². The number of hydrogen-bond acceptors (Lipinski definition) is 4. The number of carboxylic acid groups (broad SMARTS) is 1. The zero-order valence-electron chi connectivity index (χ0n) is 18.2. The number of hydrogen-bond donors (Lipinski definition) is 2. The lowest BCUT2D eigenvalue weighted by Crippen LogP contribution is -2.27. The van der Waals surface area contributed by atoms with Gasteiger partial charge in [-0.3, -0.25) is 4.79 Å². The maximum Gasteiger partial charge on any atom is 0.335 e. The van der Waals surface area contributed by atoms with E-state index >= 15 is 0 Å². The molecular weight excluding hydrogens is 454 g/mol. The first kappa shape index (κ1) is 21.7. The fourth-order valence-electron chi connectivity index (χ4n) is 4.10. The molecule has 0 saturated carbocycles. The molecular formula is C26H20ClN3O4. The van der Waals surface area contributed by atoms with E-state index in [0.29, 0.717) is 22.7 Å². The van der Waals surface area contributed by atoms with Crippen LogP contribution >= 0.6 is 11.6 Å². The third-order valence-corrected chi connectivity index (χ3v) is 6.13. The van der Waals surface area contributed by atoms with E-state index in [1.54, 1.807) is 24.4 Å². The number of halogens is 1. The smallest absolute Gasteiger partial charge is 0.335 e. The fraction of sp³-hybridized carbons (Fsp3) is 0.115. The lowest BCUT2D eigenvalue weighted by Gasteiger charge is -2.16. The zero-order valence-corrected chi connectivity index (χ0v) is 18.9. The van der Waals surface area contributed by atoms with Gasteiger partial charge in [0.2, 0.25) is 0 Å². The average molecular weight is 474 g/mol. The quantitative estimate of drug-likeness (QED) is 0.331. The van der Waals surface area contributed by atoms with Crippen molar-refractivity contribution in [3.05, 3.63) is 100 Å². The molecule has 2 aromatic heterocycles. The van der Waals surface area contributed by atoms with Crippen LogP contribution in [0.4, 0.5) is 0 Å². The Morgan fingerprint density at radius 2 is 1.85 bits per heavy atom. The van der Waals surface area contributed by atoms with Crippen LogP contribution in [0.5, 0.6) is 0 Å². The van der Waals surface area contributed by atoms with Crippen LogP contribution in [0.15, 0.2) is 77.6 Å². The summed E-state index contributed by atoms with van der Waals surface area (Å²) in [7, 11) is 0. The molecule has 5 rings (SSSR count). The Morgan fingerprint density at radius 1 is 1.12 bits per heavy atom. The molecule has 1 atom stereocenters. The van der Waals surface area contributed by atoms with Gasteiger partial charge in [0.25, 0.3) is 5.91 Å². The summed E-state index contributed by atoms with van der Waals surface area (Å²) in [6.07, 6.45) is 3.52. The molecule has 5 aromatic rings. The van der Waals surface area contributed by atoms with Gasteiger partial charge in [0.1, 0.15) is 0 Å². The number of carbonyl (C=O) groups is 2. The zero-order chi connectivity index (χ0) is 23.8. The number of fused-ring (bicyclic) bond motifs is 3. The summed E-state index contributed by atoms with van der Waals surface area (Å²) in [5.74, 6) is -1.24. The van der Waals surface area contributed by atoms with E-state index < -0.39 is 5.97 Å². The number of aromatic nitrogens is 2. The minimum Gasteiger partial charge on any atom is -0.478 e. The van der Waals surface area contributed by atoms with Crippen LogP contribution in [0.25, 0.3) is 21.9 Å². The molecule has 7 nitrogen and oxygen atoms in total. The summed E-state index contributed by atoms with van der Waals surface area (Å²) in [5.41, 5.74) is 3.90. The molecule has 0 saturated heterocycles. The fourth-order valence-corrected chi connectivity index (χ4v) is 4.22. The number of carboxylic acids is 1. The van der Waals surface area contributed by atoms with Crippen LogP contribution in [-0.4, -0.2) is 26.7 Å². The molecule has 0 spiro atoms. The lowest BCUT2D eigenvalue weighted by atomic mass is 10.0. The van der Waals surface area contributed by atoms with E-state index in [4.69, 9.17) is 21.2 Å². The Labute approximate surface area is 199 Å². The first-order valence-corrected chi connectivity index (χ1v) is 11.0. The van der Waals surface area contributed by atoms with Crippen LogP contribution < -0.4 is 5.32 Å². The number of aromatic carboxylic acids is 1. The normalized spacial score (nSPS) is 12.2. The monoisotopic (exact) mass is 473 g/mol. The van der Waals surface area contributed by atoms with E-state index in [2.05, 4.69) is 10.5 Å². The maximum atomic E-state index is 13.4. The highest BCUT2D eigenvalue weighted by atomic mass is 35.5. The first-order chi connectivity index (χ1) is 16.4. The van der Waals surface area contributed by atoms with Crippen molar-refractivity contribution < 1.29 is 19.2 Å². The van der Waals surface area contributed by atoms with Gasteiger partial charge < -0.3 is 19.5 Å². The molecule has 0 unspecified atom stereocenters. The number of nitrogens with zero attached hydrogens (tertiary/aromatic N) is 2. The second kappa shape index (κ2) is 8.68. The van der Waals surface area contributed by atoms with Crippen LogP contribution in [0.2, 0.25) is 5.02 Å². The molecule has 34 heavy (non-hydrogen) atoms. The molecule has 0 bridgehead atoms. The number of rotatable bonds is 6. The molecule has 2 N–H and O–H groups in total. The standard InChI is InChI=1S/C26H20ClN3O4/c1-15(17-4-6-18(7-5-17)26(32)33)29-25(31)22-12-19-13-28-34-24(19)21-10-11-30(23(21)22)14-16-2-8-20(27)9-3-16/h2-13,15H,14H2,1H3,(H,29,31)(H,32,33)/t15-/m0/s1. The summed E-state index contributed by atoms with van der Waals surface area (Å²) >= 11 is 6.02. The summed E-state index contributed by atoms with van der Waals surface area (Å²) in [5, 5.41) is 18.2. The third kappa shape index (κ3) is 4.02. The van der Waals surface area contributed by atoms with Gasteiger partial charge in [0.05, 0.1) is 28.9 Å². The van der Waals surface area contributed by atoms with E-state index in [1.807, 2.05) is 48.0 Å². The SMILES string of the molecule is C[C@H](NC(=O)c1cc2cnoc2c2ccn(Cc3ccc(Cl)cc3)c12)c1ccc(C(=O)O)cc1. The second-order valence-electron chi connectivity index (χ2n) is 8.12. The highest BCUT2D eigenvalue weighted by molar-refractivity contribution is 6.30. The van der Waals surface area contributed by atoms with Gasteiger partial charge in [-0.1, -0.05) is 41.0 Å². The number of benzene rings is 3. The molecule has 8 heteroatoms. The molecule has 0 aliphatic carbocycles. The third-order valence-electron chi connectivity index (χ3n) is 5.88. The number of amides is 1. The molecule has 0 aliphatic heterocycles. The predicted molar refractivity (Wildman–Crippen MR) is 129 cm³/mol. The van der Waals surface area contributed by atoms with Crippen molar-refractivity contribution in [2.24, 2.45) is 0 Å². The van der Waals surface area contributed by atoms with Gasteiger partial charge in [0.15, 0.2) is 5.58 Å². The summed E-state index contributed by atoms with van der Waals surface area (Å²) in [6, 6.07) is 17.4. The predicted octanol–water partition coefficient (Wildman–Crippen LogP) is 5.67. The van der Waals surface area contributed by atoms with E-state index in [1.165, 1.54) is 12.1 Å². The Balaban J connectivity index is 1.51. The van der Waals surface area contributed by atoms with E-state index in [9.17, 15) is 9.59 Å². The lowest BCUT2D eigenvalue weighted by molar-refractivity contribution is 0.0696. The average Bonchev–Trinajstić information content (AvgIpc) is 3.47. The Morgan fingerprint density at radius 3 is 2.56 bits per heavy atom. The highest BCUT2D eigenvalue weighted by Gasteiger charge is 2.21. The van der Waals surface area contributed by atoms with Crippen molar-refractivity contribution in [3.8, 4) is 0 Å². The highest BCUT2D eigenvalue weighted by Crippen LogP contribution is 2.31. The molecule has 2 heterocycles. The van der Waals surface area contributed by atoms with Gasteiger partial charge in [-0.2, -0.15) is 0 Å². The van der Waals surface area contributed by atoms with Gasteiger partial charge in [-0.05, 0) is 54.4 Å². The Bertz CT molecular complexity index is 1520. The van der Waals surface area contributed by atoms with E-state index in [-0.39, 0.29) is 17.5 Å². The van der Waals surface area contributed by atoms with Crippen LogP contribution in [0.1, 0.15) is 44.8 Å². The molecule has 0 fully saturated rings. The summed E-state index contributed by atoms with van der Waals surface area (Å²) in [6.45, 7) is 2.41. The molecule has 3 aromatic carbocycles. The van der Waals surface area contributed by atoms with Crippen molar-refractivity contribution in [1.29, 1.82) is 0 Å². The van der Waals surface area contributed by atoms with Crippen molar-refractivity contribution in [1.82, 2.24) is 15.0 Å². The van der Waals surface area contributed by atoms with Crippen molar-refractivity contribution >= 4 is 45.3 Å². The largest absolute Gasteiger partial charge is 0.478 e. The molecule has 170 valence electrons. The van der Waals surface area contributed by atoms with Crippen molar-refractivity contribution in [3.63, 3.8) is 0 Å². The molecule has 0 aliphatic rings. The van der Waals surface area contributed by atoms with Crippen LogP contribution in [-0.2, 0) is 6.54 Å². The van der Waals surface area contributed by atoms with Crippen molar-refractivity contribution in [2.45, 2.75) is 19.5 Å². The minimum atomic E-state index is -0.992. The Hall–Kier alpha value is -4.10. The second-order valence-corrected chi connectivity index (χ2v) is 8.56. The summed E-state index contributed by atoms with van der Waals surface area (Å²) in [4.78, 5) is 24.6. The van der Waals surface area contributed by atoms with Crippen LogP contribution in [0, 0.1) is 0 Å². The van der Waals surface area contributed by atoms with Gasteiger partial charge in [-0.25, -0.2) is 4.79 Å². The molecule has 0 radical (unpaired) electrons. The van der Waals surface area contributed by atoms with Gasteiger partial charge in [0, 0.05) is 28.5 Å².